The van der Waals surface area contributed by atoms with Gasteiger partial charge in [-0.2, -0.15) is 4.98 Å². The fourth-order valence-electron chi connectivity index (χ4n) is 3.04. The predicted octanol–water partition coefficient (Wildman–Crippen LogP) is 3.40. The molecule has 0 aliphatic heterocycles. The van der Waals surface area contributed by atoms with E-state index >= 15 is 0 Å². The zero-order valence-electron chi connectivity index (χ0n) is 15.9. The van der Waals surface area contributed by atoms with E-state index in [-0.39, 0.29) is 11.8 Å². The van der Waals surface area contributed by atoms with Crippen molar-refractivity contribution in [3.05, 3.63) is 78.6 Å². The van der Waals surface area contributed by atoms with Gasteiger partial charge in [-0.1, -0.05) is 23.4 Å². The molecule has 146 valence electrons. The molecule has 1 aromatic carbocycles. The smallest absolute Gasteiger partial charge is 0.278 e. The van der Waals surface area contributed by atoms with Crippen molar-refractivity contribution in [3.63, 3.8) is 0 Å². The van der Waals surface area contributed by atoms with Gasteiger partial charge in [0.2, 0.25) is 5.82 Å². The maximum atomic E-state index is 12.8. The molecule has 30 heavy (non-hydrogen) atoms. The molecule has 0 unspecified atom stereocenters. The van der Waals surface area contributed by atoms with Crippen LogP contribution >= 0.6 is 0 Å². The minimum atomic E-state index is -0.262. The highest BCUT2D eigenvalue weighted by Gasteiger charge is 2.16. The SMILES string of the molecule is Cc1ccc(-c2noc(-c3cnccn3)n2)cc1NC(=O)c1cnc2ccccn12. The zero-order chi connectivity index (χ0) is 20.5. The predicted molar refractivity (Wildman–Crippen MR) is 109 cm³/mol. The van der Waals surface area contributed by atoms with Crippen molar-refractivity contribution in [2.45, 2.75) is 6.92 Å². The number of benzene rings is 1. The normalized spacial score (nSPS) is 11.0. The number of amides is 1. The summed E-state index contributed by atoms with van der Waals surface area (Å²) in [6, 6.07) is 11.1. The lowest BCUT2D eigenvalue weighted by molar-refractivity contribution is 0.102. The standard InChI is InChI=1S/C21H15N7O2/c1-13-5-6-14(19-26-21(30-27-19)16-11-22-7-8-23-16)10-15(13)25-20(29)17-12-24-18-4-2-3-9-28(17)18/h2-12H,1H3,(H,25,29). The Balaban J connectivity index is 1.44. The topological polar surface area (TPSA) is 111 Å². The van der Waals surface area contributed by atoms with E-state index in [0.29, 0.717) is 34.1 Å². The molecule has 0 aliphatic carbocycles. The second-order valence-electron chi connectivity index (χ2n) is 6.57. The first-order chi connectivity index (χ1) is 14.7. The van der Waals surface area contributed by atoms with Crippen LogP contribution < -0.4 is 5.32 Å². The van der Waals surface area contributed by atoms with Gasteiger partial charge in [-0.15, -0.1) is 0 Å². The Morgan fingerprint density at radius 3 is 2.90 bits per heavy atom. The fraction of sp³-hybridized carbons (Fsp3) is 0.0476. The van der Waals surface area contributed by atoms with E-state index in [9.17, 15) is 4.79 Å². The van der Waals surface area contributed by atoms with E-state index in [1.165, 1.54) is 0 Å². The molecule has 9 heteroatoms. The van der Waals surface area contributed by atoms with Gasteiger partial charge in [-0.05, 0) is 30.7 Å². The first kappa shape index (κ1) is 17.7. The summed E-state index contributed by atoms with van der Waals surface area (Å²) in [4.78, 5) is 29.6. The van der Waals surface area contributed by atoms with Crippen LogP contribution in [-0.2, 0) is 0 Å². The summed E-state index contributed by atoms with van der Waals surface area (Å²) in [7, 11) is 0. The number of aryl methyl sites for hydroxylation is 1. The minimum absolute atomic E-state index is 0.262. The van der Waals surface area contributed by atoms with E-state index in [2.05, 4.69) is 30.4 Å². The number of imidazole rings is 1. The lowest BCUT2D eigenvalue weighted by atomic mass is 10.1. The molecule has 9 nitrogen and oxygen atoms in total. The van der Waals surface area contributed by atoms with Crippen molar-refractivity contribution >= 4 is 17.2 Å². The molecule has 0 aliphatic rings. The van der Waals surface area contributed by atoms with E-state index in [1.807, 2.05) is 43.3 Å². The Labute approximate surface area is 170 Å². The summed E-state index contributed by atoms with van der Waals surface area (Å²) in [5.74, 6) is 0.401. The molecule has 4 heterocycles. The Kier molecular flexibility index (Phi) is 4.25. The Morgan fingerprint density at radius 2 is 2.03 bits per heavy atom. The number of aromatic nitrogens is 6. The van der Waals surface area contributed by atoms with Crippen LogP contribution in [-0.4, -0.2) is 35.4 Å². The average Bonchev–Trinajstić information content (AvgIpc) is 3.43. The molecular formula is C21H15N7O2. The van der Waals surface area contributed by atoms with Crippen molar-refractivity contribution < 1.29 is 9.32 Å². The second-order valence-corrected chi connectivity index (χ2v) is 6.57. The average molecular weight is 397 g/mol. The van der Waals surface area contributed by atoms with E-state index in [1.54, 1.807) is 35.4 Å². The van der Waals surface area contributed by atoms with Crippen molar-refractivity contribution in [1.29, 1.82) is 0 Å². The summed E-state index contributed by atoms with van der Waals surface area (Å²) in [6.07, 6.45) is 8.02. The number of anilines is 1. The van der Waals surface area contributed by atoms with Crippen LogP contribution in [0.15, 0.2) is 71.9 Å². The van der Waals surface area contributed by atoms with Gasteiger partial charge in [-0.25, -0.2) is 9.97 Å². The quantitative estimate of drug-likeness (QED) is 0.495. The first-order valence-electron chi connectivity index (χ1n) is 9.13. The highest BCUT2D eigenvalue weighted by molar-refractivity contribution is 6.04. The van der Waals surface area contributed by atoms with Gasteiger partial charge >= 0.3 is 0 Å². The summed E-state index contributed by atoms with van der Waals surface area (Å²) in [5, 5.41) is 6.97. The first-order valence-corrected chi connectivity index (χ1v) is 9.13. The van der Waals surface area contributed by atoms with Crippen molar-refractivity contribution in [2.75, 3.05) is 5.32 Å². The zero-order valence-corrected chi connectivity index (χ0v) is 15.9. The number of nitrogens with one attached hydrogen (secondary N) is 1. The number of carbonyl (C=O) groups excluding carboxylic acids is 1. The number of pyridine rings is 1. The summed E-state index contributed by atoms with van der Waals surface area (Å²) < 4.78 is 7.04. The molecule has 0 fully saturated rings. The van der Waals surface area contributed by atoms with Gasteiger partial charge in [0.05, 0.1) is 12.4 Å². The van der Waals surface area contributed by atoms with Gasteiger partial charge in [0.25, 0.3) is 11.8 Å². The van der Waals surface area contributed by atoms with E-state index < -0.39 is 0 Å². The second kappa shape index (κ2) is 7.21. The Morgan fingerprint density at radius 1 is 1.10 bits per heavy atom. The minimum Gasteiger partial charge on any atom is -0.332 e. The third-order valence-electron chi connectivity index (χ3n) is 4.60. The number of hydrogen-bond acceptors (Lipinski definition) is 7. The number of nitrogens with zero attached hydrogens (tertiary/aromatic N) is 6. The third-order valence-corrected chi connectivity index (χ3v) is 4.60. The van der Waals surface area contributed by atoms with Crippen molar-refractivity contribution in [3.8, 4) is 23.0 Å². The van der Waals surface area contributed by atoms with Crippen LogP contribution in [0.5, 0.6) is 0 Å². The molecule has 0 radical (unpaired) electrons. The lowest BCUT2D eigenvalue weighted by Crippen LogP contribution is -2.15. The number of fused-ring (bicyclic) bond motifs is 1. The summed E-state index contributed by atoms with van der Waals surface area (Å²) in [5.41, 5.74) is 3.89. The molecule has 0 saturated heterocycles. The number of carbonyl (C=O) groups is 1. The Hall–Kier alpha value is -4.40. The molecule has 1 N–H and O–H groups in total. The fourth-order valence-corrected chi connectivity index (χ4v) is 3.04. The number of rotatable bonds is 4. The van der Waals surface area contributed by atoms with Gasteiger partial charge in [-0.3, -0.25) is 14.2 Å². The van der Waals surface area contributed by atoms with Gasteiger partial charge in [0.15, 0.2) is 0 Å². The van der Waals surface area contributed by atoms with Gasteiger partial charge in [0, 0.05) is 29.8 Å². The van der Waals surface area contributed by atoms with Crippen LogP contribution in [0, 0.1) is 6.92 Å². The van der Waals surface area contributed by atoms with Crippen molar-refractivity contribution in [1.82, 2.24) is 29.5 Å². The largest absolute Gasteiger partial charge is 0.332 e. The van der Waals surface area contributed by atoms with Crippen LogP contribution in [0.4, 0.5) is 5.69 Å². The molecule has 5 aromatic rings. The van der Waals surface area contributed by atoms with Crippen LogP contribution in [0.1, 0.15) is 16.1 Å². The molecule has 0 spiro atoms. The van der Waals surface area contributed by atoms with E-state index in [0.717, 1.165) is 5.56 Å². The van der Waals surface area contributed by atoms with Gasteiger partial charge in [0.1, 0.15) is 17.0 Å². The van der Waals surface area contributed by atoms with Crippen LogP contribution in [0.2, 0.25) is 0 Å². The van der Waals surface area contributed by atoms with Crippen LogP contribution in [0.25, 0.3) is 28.6 Å². The van der Waals surface area contributed by atoms with Crippen molar-refractivity contribution in [2.24, 2.45) is 0 Å². The molecule has 1 amide bonds. The monoisotopic (exact) mass is 397 g/mol. The molecule has 0 atom stereocenters. The molecule has 0 bridgehead atoms. The van der Waals surface area contributed by atoms with E-state index in [4.69, 9.17) is 4.52 Å². The highest BCUT2D eigenvalue weighted by atomic mass is 16.5. The molecule has 0 saturated carbocycles. The summed E-state index contributed by atoms with van der Waals surface area (Å²) in [6.45, 7) is 1.91. The lowest BCUT2D eigenvalue weighted by Gasteiger charge is -2.09. The van der Waals surface area contributed by atoms with Crippen LogP contribution in [0.3, 0.4) is 0 Å². The summed E-state index contributed by atoms with van der Waals surface area (Å²) >= 11 is 0. The maximum Gasteiger partial charge on any atom is 0.278 e. The van der Waals surface area contributed by atoms with Gasteiger partial charge < -0.3 is 9.84 Å². The molecule has 4 aromatic heterocycles. The third kappa shape index (κ3) is 3.18. The number of hydrogen-bond donors (Lipinski definition) is 1. The molecule has 5 rings (SSSR count). The molecular weight excluding hydrogens is 382 g/mol. The Bertz CT molecular complexity index is 1360. The highest BCUT2D eigenvalue weighted by Crippen LogP contribution is 2.26. The maximum absolute atomic E-state index is 12.8.